The van der Waals surface area contributed by atoms with Gasteiger partial charge >= 0.3 is 0 Å². The third kappa shape index (κ3) is 5.51. The van der Waals surface area contributed by atoms with Crippen LogP contribution in [0.1, 0.15) is 13.3 Å². The normalized spacial score (nSPS) is 18.7. The summed E-state index contributed by atoms with van der Waals surface area (Å²) < 4.78 is 25.4. The number of carbonyl (C=O) groups excluding carboxylic acids is 1. The topological polar surface area (TPSA) is 87.3 Å². The van der Waals surface area contributed by atoms with E-state index in [1.807, 2.05) is 11.8 Å². The van der Waals surface area contributed by atoms with E-state index in [0.29, 0.717) is 17.8 Å². The zero-order valence-electron chi connectivity index (χ0n) is 12.5. The molecular formula is C14H21N3O3S2. The van der Waals surface area contributed by atoms with Gasteiger partial charge in [-0.05, 0) is 31.2 Å². The molecule has 1 heterocycles. The fourth-order valence-corrected chi connectivity index (χ4v) is 3.65. The van der Waals surface area contributed by atoms with Crippen LogP contribution in [0.3, 0.4) is 0 Å². The summed E-state index contributed by atoms with van der Waals surface area (Å²) in [5, 5.41) is 6.15. The van der Waals surface area contributed by atoms with Crippen LogP contribution in [-0.4, -0.2) is 44.2 Å². The number of nitrogens with one attached hydrogen (secondary N) is 3. The van der Waals surface area contributed by atoms with Crippen molar-refractivity contribution in [3.8, 4) is 0 Å². The lowest BCUT2D eigenvalue weighted by Gasteiger charge is -2.22. The van der Waals surface area contributed by atoms with E-state index in [4.69, 9.17) is 0 Å². The first-order valence-corrected chi connectivity index (χ1v) is 10.0. The number of anilines is 2. The van der Waals surface area contributed by atoms with Crippen LogP contribution in [0, 0.1) is 0 Å². The van der Waals surface area contributed by atoms with Crippen LogP contribution in [-0.2, 0) is 14.8 Å². The van der Waals surface area contributed by atoms with Crippen LogP contribution < -0.4 is 15.4 Å². The fraction of sp³-hybridized carbons (Fsp3) is 0.500. The lowest BCUT2D eigenvalue weighted by Crippen LogP contribution is -2.39. The lowest BCUT2D eigenvalue weighted by atomic mass is 10.2. The average Bonchev–Trinajstić information content (AvgIpc) is 2.50. The van der Waals surface area contributed by atoms with Crippen molar-refractivity contribution in [2.45, 2.75) is 19.4 Å². The molecule has 0 aromatic heterocycles. The van der Waals surface area contributed by atoms with E-state index in [1.165, 1.54) is 0 Å². The van der Waals surface area contributed by atoms with Crippen LogP contribution in [0.5, 0.6) is 0 Å². The van der Waals surface area contributed by atoms with Crippen LogP contribution in [0.4, 0.5) is 11.4 Å². The summed E-state index contributed by atoms with van der Waals surface area (Å²) in [5.41, 5.74) is 1.15. The lowest BCUT2D eigenvalue weighted by molar-refractivity contribution is -0.116. The van der Waals surface area contributed by atoms with Crippen molar-refractivity contribution in [2.24, 2.45) is 0 Å². The Bertz CT molecular complexity index is 596. The Morgan fingerprint density at radius 1 is 1.32 bits per heavy atom. The molecule has 3 N–H and O–H groups in total. The molecule has 0 spiro atoms. The van der Waals surface area contributed by atoms with Gasteiger partial charge in [0.2, 0.25) is 15.9 Å². The van der Waals surface area contributed by atoms with Crippen molar-refractivity contribution in [2.75, 3.05) is 33.8 Å². The Hall–Kier alpha value is -1.25. The Balaban J connectivity index is 1.86. The van der Waals surface area contributed by atoms with E-state index >= 15 is 0 Å². The molecule has 6 nitrogen and oxygen atoms in total. The molecule has 1 aromatic carbocycles. The summed E-state index contributed by atoms with van der Waals surface area (Å²) in [6.07, 6.45) is 0.442. The summed E-state index contributed by atoms with van der Waals surface area (Å²) in [6.45, 7) is 2.52. The molecule has 1 aliphatic heterocycles. The molecular weight excluding hydrogens is 322 g/mol. The highest BCUT2D eigenvalue weighted by Gasteiger charge is 2.16. The van der Waals surface area contributed by atoms with Crippen LogP contribution in [0.2, 0.25) is 0 Å². The number of rotatable bonds is 6. The first-order valence-electron chi connectivity index (χ1n) is 7.20. The maximum atomic E-state index is 12.0. The quantitative estimate of drug-likeness (QED) is 0.728. The van der Waals surface area contributed by atoms with Gasteiger partial charge < -0.3 is 10.6 Å². The molecule has 1 unspecified atom stereocenters. The van der Waals surface area contributed by atoms with Gasteiger partial charge in [0.05, 0.1) is 5.75 Å². The largest absolute Gasteiger partial charge is 0.326 e. The molecule has 1 aliphatic rings. The second kappa shape index (κ2) is 7.85. The van der Waals surface area contributed by atoms with Gasteiger partial charge in [-0.1, -0.05) is 0 Å². The molecule has 122 valence electrons. The Labute approximate surface area is 135 Å². The van der Waals surface area contributed by atoms with E-state index in [-0.39, 0.29) is 17.7 Å². The molecule has 1 saturated heterocycles. The number of hydrogen-bond donors (Lipinski definition) is 3. The molecule has 1 amide bonds. The average molecular weight is 343 g/mol. The maximum absolute atomic E-state index is 12.0. The zero-order chi connectivity index (χ0) is 16.0. The number of sulfonamides is 1. The molecule has 0 saturated carbocycles. The summed E-state index contributed by atoms with van der Waals surface area (Å²) in [4.78, 5) is 12.0. The van der Waals surface area contributed by atoms with Gasteiger partial charge in [0.15, 0.2) is 0 Å². The Morgan fingerprint density at radius 3 is 2.59 bits per heavy atom. The summed E-state index contributed by atoms with van der Waals surface area (Å²) in [5.74, 6) is 2.03. The van der Waals surface area contributed by atoms with Crippen molar-refractivity contribution in [1.29, 1.82) is 0 Å². The summed E-state index contributed by atoms with van der Waals surface area (Å²) in [6, 6.07) is 6.87. The van der Waals surface area contributed by atoms with Crippen LogP contribution in [0.25, 0.3) is 0 Å². The Kier molecular flexibility index (Phi) is 6.10. The number of thioether (sulfide) groups is 1. The zero-order valence-corrected chi connectivity index (χ0v) is 14.1. The van der Waals surface area contributed by atoms with E-state index in [2.05, 4.69) is 15.4 Å². The minimum absolute atomic E-state index is 0.0257. The third-order valence-electron chi connectivity index (χ3n) is 3.25. The smallest absolute Gasteiger partial charge is 0.232 e. The predicted octanol–water partition coefficient (Wildman–Crippen LogP) is 1.48. The fourth-order valence-electron chi connectivity index (χ4n) is 2.06. The molecule has 0 bridgehead atoms. The van der Waals surface area contributed by atoms with Gasteiger partial charge in [0.25, 0.3) is 0 Å². The van der Waals surface area contributed by atoms with Crippen molar-refractivity contribution >= 4 is 39.1 Å². The standard InChI is InChI=1S/C14H21N3O3S2/c1-2-22(19,20)17-12-5-3-11(4-6-12)16-14(18)9-13-10-21-8-7-15-13/h3-6,13,15,17H,2,7-10H2,1H3,(H,16,18). The van der Waals surface area contributed by atoms with Gasteiger partial charge in [0.1, 0.15) is 0 Å². The molecule has 2 rings (SSSR count). The minimum atomic E-state index is -3.28. The van der Waals surface area contributed by atoms with E-state index < -0.39 is 10.0 Å². The second-order valence-electron chi connectivity index (χ2n) is 5.06. The molecule has 8 heteroatoms. The van der Waals surface area contributed by atoms with Crippen molar-refractivity contribution in [1.82, 2.24) is 5.32 Å². The number of carbonyl (C=O) groups is 1. The van der Waals surface area contributed by atoms with E-state index in [0.717, 1.165) is 18.1 Å². The van der Waals surface area contributed by atoms with Gasteiger partial charge in [-0.15, -0.1) is 0 Å². The first-order chi connectivity index (χ1) is 10.5. The summed E-state index contributed by atoms with van der Waals surface area (Å²) >= 11 is 1.85. The number of benzene rings is 1. The SMILES string of the molecule is CCS(=O)(=O)Nc1ccc(NC(=O)CC2CSCCN2)cc1. The Morgan fingerprint density at radius 2 is 2.00 bits per heavy atom. The van der Waals surface area contributed by atoms with Crippen LogP contribution >= 0.6 is 11.8 Å². The van der Waals surface area contributed by atoms with E-state index in [9.17, 15) is 13.2 Å². The number of amides is 1. The van der Waals surface area contributed by atoms with Crippen molar-refractivity contribution in [3.05, 3.63) is 24.3 Å². The molecule has 1 atom stereocenters. The van der Waals surface area contributed by atoms with Crippen LogP contribution in [0.15, 0.2) is 24.3 Å². The van der Waals surface area contributed by atoms with Gasteiger partial charge in [-0.3, -0.25) is 9.52 Å². The number of hydrogen-bond acceptors (Lipinski definition) is 5. The monoisotopic (exact) mass is 343 g/mol. The molecule has 1 fully saturated rings. The highest BCUT2D eigenvalue weighted by atomic mass is 32.2. The van der Waals surface area contributed by atoms with Crippen molar-refractivity contribution < 1.29 is 13.2 Å². The molecule has 1 aromatic rings. The summed E-state index contributed by atoms with van der Waals surface area (Å²) in [7, 11) is -3.28. The highest BCUT2D eigenvalue weighted by Crippen LogP contribution is 2.16. The third-order valence-corrected chi connectivity index (χ3v) is 5.69. The van der Waals surface area contributed by atoms with Crippen molar-refractivity contribution in [3.63, 3.8) is 0 Å². The van der Waals surface area contributed by atoms with Gasteiger partial charge in [-0.2, -0.15) is 11.8 Å². The highest BCUT2D eigenvalue weighted by molar-refractivity contribution is 7.99. The predicted molar refractivity (Wildman–Crippen MR) is 91.9 cm³/mol. The molecule has 0 radical (unpaired) electrons. The maximum Gasteiger partial charge on any atom is 0.232 e. The second-order valence-corrected chi connectivity index (χ2v) is 8.22. The minimum Gasteiger partial charge on any atom is -0.326 e. The first kappa shape index (κ1) is 17.1. The molecule has 22 heavy (non-hydrogen) atoms. The molecule has 0 aliphatic carbocycles. The van der Waals surface area contributed by atoms with E-state index in [1.54, 1.807) is 31.2 Å². The van der Waals surface area contributed by atoms with Gasteiger partial charge in [0, 0.05) is 41.9 Å². The van der Waals surface area contributed by atoms with Gasteiger partial charge in [-0.25, -0.2) is 8.42 Å².